The minimum Gasteiger partial charge on any atom is -0.480 e. The number of nitrogens with zero attached hydrogens (tertiary/aromatic N) is 2. The van der Waals surface area contributed by atoms with Gasteiger partial charge in [-0.25, -0.2) is 9.59 Å². The molecule has 0 aromatic rings. The Morgan fingerprint density at radius 2 is 2.17 bits per heavy atom. The first-order valence-corrected chi connectivity index (χ1v) is 5.75. The third-order valence-electron chi connectivity index (χ3n) is 2.80. The molecule has 1 aliphatic heterocycles. The molecule has 0 saturated carbocycles. The van der Waals surface area contributed by atoms with Crippen LogP contribution >= 0.6 is 0 Å². The smallest absolute Gasteiger partial charge is 0.329 e. The monoisotopic (exact) mass is 254 g/mol. The summed E-state index contributed by atoms with van der Waals surface area (Å²) < 4.78 is 5.23. The first-order valence-electron chi connectivity index (χ1n) is 5.75. The summed E-state index contributed by atoms with van der Waals surface area (Å²) in [6.07, 6.45) is 5.18. The van der Waals surface area contributed by atoms with Crippen LogP contribution in [0.25, 0.3) is 0 Å². The number of aliphatic carboxylic acids is 1. The minimum absolute atomic E-state index is 0.133. The van der Waals surface area contributed by atoms with E-state index in [2.05, 4.69) is 5.92 Å². The molecule has 0 aliphatic carbocycles. The van der Waals surface area contributed by atoms with Gasteiger partial charge in [0, 0.05) is 6.54 Å². The maximum Gasteiger partial charge on any atom is 0.329 e. The van der Waals surface area contributed by atoms with Crippen molar-refractivity contribution in [2.75, 3.05) is 32.8 Å². The first-order chi connectivity index (χ1) is 8.41. The summed E-state index contributed by atoms with van der Waals surface area (Å²) in [5.74, 6) is 1.42. The van der Waals surface area contributed by atoms with Crippen LogP contribution in [0.3, 0.4) is 0 Å². The van der Waals surface area contributed by atoms with Crippen LogP contribution in [0.4, 0.5) is 4.79 Å². The van der Waals surface area contributed by atoms with Gasteiger partial charge in [-0.1, -0.05) is 5.92 Å². The molecule has 2 amide bonds. The zero-order chi connectivity index (χ0) is 13.8. The van der Waals surface area contributed by atoms with Gasteiger partial charge in [-0.2, -0.15) is 0 Å². The molecule has 1 heterocycles. The van der Waals surface area contributed by atoms with Crippen LogP contribution in [-0.2, 0) is 9.53 Å². The number of carboxylic acids is 1. The van der Waals surface area contributed by atoms with Crippen LogP contribution in [0.1, 0.15) is 13.8 Å². The topological polar surface area (TPSA) is 70.1 Å². The summed E-state index contributed by atoms with van der Waals surface area (Å²) in [6.45, 7) is 4.90. The van der Waals surface area contributed by atoms with Crippen LogP contribution in [0.2, 0.25) is 0 Å². The molecular formula is C12H18N2O4. The van der Waals surface area contributed by atoms with Crippen molar-refractivity contribution in [3.8, 4) is 12.3 Å². The van der Waals surface area contributed by atoms with E-state index in [9.17, 15) is 9.59 Å². The summed E-state index contributed by atoms with van der Waals surface area (Å²) in [4.78, 5) is 25.5. The predicted octanol–water partition coefficient (Wildman–Crippen LogP) is 0.237. The number of likely N-dealkylation sites (tertiary alicyclic amines) is 1. The van der Waals surface area contributed by atoms with Gasteiger partial charge in [-0.05, 0) is 13.8 Å². The molecule has 1 saturated heterocycles. The van der Waals surface area contributed by atoms with Crippen molar-refractivity contribution in [3.05, 3.63) is 0 Å². The zero-order valence-corrected chi connectivity index (χ0v) is 10.7. The molecule has 0 radical (unpaired) electrons. The number of terminal acetylenes is 1. The van der Waals surface area contributed by atoms with E-state index in [-0.39, 0.29) is 19.2 Å². The van der Waals surface area contributed by atoms with Gasteiger partial charge in [0.15, 0.2) is 0 Å². The highest BCUT2D eigenvalue weighted by atomic mass is 16.5. The molecule has 0 aromatic heterocycles. The normalized spacial score (nSPS) is 16.6. The number of ether oxygens (including phenoxy) is 1. The lowest BCUT2D eigenvalue weighted by Gasteiger charge is -2.48. The Kier molecular flexibility index (Phi) is 4.56. The van der Waals surface area contributed by atoms with Gasteiger partial charge in [0.2, 0.25) is 0 Å². The molecule has 6 heteroatoms. The molecule has 1 fully saturated rings. The van der Waals surface area contributed by atoms with Crippen LogP contribution in [0.5, 0.6) is 0 Å². The van der Waals surface area contributed by atoms with Crippen LogP contribution < -0.4 is 0 Å². The van der Waals surface area contributed by atoms with Gasteiger partial charge >= 0.3 is 12.0 Å². The average molecular weight is 254 g/mol. The first kappa shape index (κ1) is 14.3. The van der Waals surface area contributed by atoms with E-state index < -0.39 is 11.6 Å². The van der Waals surface area contributed by atoms with Gasteiger partial charge < -0.3 is 19.6 Å². The molecule has 6 nitrogen and oxygen atoms in total. The fourth-order valence-electron chi connectivity index (χ4n) is 1.85. The highest BCUT2D eigenvalue weighted by Gasteiger charge is 2.43. The summed E-state index contributed by atoms with van der Waals surface area (Å²) in [5.41, 5.74) is -0.566. The molecule has 1 aliphatic rings. The minimum atomic E-state index is -1.01. The van der Waals surface area contributed by atoms with Crippen molar-refractivity contribution in [2.45, 2.75) is 19.4 Å². The number of hydrogen-bond donors (Lipinski definition) is 1. The Labute approximate surface area is 106 Å². The number of carbonyl (C=O) groups excluding carboxylic acids is 1. The molecule has 0 atom stereocenters. The average Bonchev–Trinajstić information content (AvgIpc) is 2.29. The van der Waals surface area contributed by atoms with Crippen molar-refractivity contribution >= 4 is 12.0 Å². The largest absolute Gasteiger partial charge is 0.480 e. The fraction of sp³-hybridized carbons (Fsp3) is 0.667. The molecule has 18 heavy (non-hydrogen) atoms. The van der Waals surface area contributed by atoms with E-state index in [0.29, 0.717) is 19.6 Å². The van der Waals surface area contributed by atoms with Gasteiger partial charge in [-0.3, -0.25) is 0 Å². The van der Waals surface area contributed by atoms with Crippen molar-refractivity contribution in [1.82, 2.24) is 9.80 Å². The second-order valence-electron chi connectivity index (χ2n) is 4.49. The summed E-state index contributed by atoms with van der Waals surface area (Å²) in [7, 11) is 0. The second-order valence-corrected chi connectivity index (χ2v) is 4.49. The lowest BCUT2D eigenvalue weighted by atomic mass is 9.97. The molecule has 0 aromatic carbocycles. The Morgan fingerprint density at radius 3 is 2.61 bits per heavy atom. The third kappa shape index (κ3) is 3.37. The molecule has 1 rings (SSSR count). The zero-order valence-electron chi connectivity index (χ0n) is 10.7. The van der Waals surface area contributed by atoms with Crippen LogP contribution in [0.15, 0.2) is 0 Å². The molecule has 100 valence electrons. The maximum atomic E-state index is 12.0. The summed E-state index contributed by atoms with van der Waals surface area (Å²) in [5, 5.41) is 8.53. The van der Waals surface area contributed by atoms with E-state index in [1.807, 2.05) is 6.92 Å². The number of rotatable bonds is 5. The second kappa shape index (κ2) is 5.74. The van der Waals surface area contributed by atoms with E-state index in [1.54, 1.807) is 16.7 Å². The number of urea groups is 1. The number of carbonyl (C=O) groups is 2. The summed E-state index contributed by atoms with van der Waals surface area (Å²) in [6, 6.07) is -0.133. The van der Waals surface area contributed by atoms with Crippen molar-refractivity contribution in [2.24, 2.45) is 0 Å². The molecule has 0 spiro atoms. The Morgan fingerprint density at radius 1 is 1.56 bits per heavy atom. The SMILES string of the molecule is C#CCN(CC)C(=O)N1CC(C)(OCC(=O)O)C1. The van der Waals surface area contributed by atoms with Crippen molar-refractivity contribution < 1.29 is 19.4 Å². The Bertz CT molecular complexity index is 369. The van der Waals surface area contributed by atoms with Gasteiger partial charge in [0.25, 0.3) is 0 Å². The van der Waals surface area contributed by atoms with Crippen LogP contribution in [0, 0.1) is 12.3 Å². The maximum absolute atomic E-state index is 12.0. The van der Waals surface area contributed by atoms with E-state index in [4.69, 9.17) is 16.3 Å². The Balaban J connectivity index is 2.43. The Hall–Kier alpha value is -1.74. The highest BCUT2D eigenvalue weighted by molar-refractivity contribution is 5.76. The van der Waals surface area contributed by atoms with Crippen molar-refractivity contribution in [1.29, 1.82) is 0 Å². The number of carboxylic acid groups (broad SMARTS) is 1. The standard InChI is InChI=1S/C12H18N2O4/c1-4-6-13(5-2)11(17)14-8-12(3,9-14)18-7-10(15)16/h1H,5-9H2,2-3H3,(H,15,16). The van der Waals surface area contributed by atoms with Gasteiger partial charge in [0.1, 0.15) is 12.2 Å². The van der Waals surface area contributed by atoms with E-state index >= 15 is 0 Å². The third-order valence-corrected chi connectivity index (χ3v) is 2.80. The van der Waals surface area contributed by atoms with E-state index in [0.717, 1.165) is 0 Å². The molecule has 0 bridgehead atoms. The highest BCUT2D eigenvalue weighted by Crippen LogP contribution is 2.25. The lowest BCUT2D eigenvalue weighted by Crippen LogP contribution is -2.65. The quantitative estimate of drug-likeness (QED) is 0.713. The predicted molar refractivity (Wildman–Crippen MR) is 65.0 cm³/mol. The number of hydrogen-bond acceptors (Lipinski definition) is 3. The molecular weight excluding hydrogens is 236 g/mol. The molecule has 0 unspecified atom stereocenters. The molecule has 1 N–H and O–H groups in total. The lowest BCUT2D eigenvalue weighted by molar-refractivity contribution is -0.160. The van der Waals surface area contributed by atoms with Gasteiger partial charge in [-0.15, -0.1) is 6.42 Å². The van der Waals surface area contributed by atoms with E-state index in [1.165, 1.54) is 0 Å². The van der Waals surface area contributed by atoms with Crippen LogP contribution in [-0.4, -0.2) is 65.3 Å². The van der Waals surface area contributed by atoms with Crippen molar-refractivity contribution in [3.63, 3.8) is 0 Å². The fourth-order valence-corrected chi connectivity index (χ4v) is 1.85. The van der Waals surface area contributed by atoms with Gasteiger partial charge in [0.05, 0.1) is 19.6 Å². The summed E-state index contributed by atoms with van der Waals surface area (Å²) >= 11 is 0. The number of amides is 2.